The Hall–Kier alpha value is -2.82. The molecule has 0 atom stereocenters. The van der Waals surface area contributed by atoms with Gasteiger partial charge in [-0.1, -0.05) is 24.3 Å². The summed E-state index contributed by atoms with van der Waals surface area (Å²) in [4.78, 5) is 26.0. The number of carbonyl (C=O) groups excluding carboxylic acids is 2. The first-order chi connectivity index (χ1) is 11.9. The summed E-state index contributed by atoms with van der Waals surface area (Å²) in [7, 11) is 1.58. The molecular weight excluding hydrogens is 316 g/mol. The second-order valence-corrected chi connectivity index (χ2v) is 5.94. The summed E-state index contributed by atoms with van der Waals surface area (Å²) >= 11 is 0. The first-order valence-corrected chi connectivity index (χ1v) is 8.20. The summed E-state index contributed by atoms with van der Waals surface area (Å²) in [6.07, 6.45) is 0.213. The molecule has 2 rings (SSSR count). The molecule has 0 aliphatic carbocycles. The Morgan fingerprint density at radius 2 is 1.72 bits per heavy atom. The third-order valence-electron chi connectivity index (χ3n) is 4.01. The lowest BCUT2D eigenvalue weighted by Crippen LogP contribution is -2.33. The number of benzene rings is 2. The van der Waals surface area contributed by atoms with Crippen molar-refractivity contribution in [2.75, 3.05) is 23.9 Å². The lowest BCUT2D eigenvalue weighted by Gasteiger charge is -2.25. The van der Waals surface area contributed by atoms with E-state index in [-0.39, 0.29) is 18.2 Å². The highest BCUT2D eigenvalue weighted by atomic mass is 16.5. The average molecular weight is 340 g/mol. The molecule has 0 radical (unpaired) electrons. The van der Waals surface area contributed by atoms with E-state index in [1.165, 1.54) is 6.92 Å². The lowest BCUT2D eigenvalue weighted by atomic mass is 10.1. The molecule has 0 unspecified atom stereocenters. The van der Waals surface area contributed by atoms with Gasteiger partial charge in [0.15, 0.2) is 0 Å². The molecule has 0 heterocycles. The van der Waals surface area contributed by atoms with Crippen LogP contribution in [0.25, 0.3) is 0 Å². The summed E-state index contributed by atoms with van der Waals surface area (Å²) in [6.45, 7) is 5.78. The van der Waals surface area contributed by atoms with Gasteiger partial charge in [0.05, 0.1) is 7.11 Å². The number of methoxy groups -OCH3 is 1. The number of rotatable bonds is 6. The zero-order chi connectivity index (χ0) is 18.4. The highest BCUT2D eigenvalue weighted by molar-refractivity contribution is 5.95. The number of aryl methyl sites for hydroxylation is 2. The second-order valence-electron chi connectivity index (χ2n) is 5.94. The van der Waals surface area contributed by atoms with E-state index in [9.17, 15) is 9.59 Å². The van der Waals surface area contributed by atoms with E-state index < -0.39 is 0 Å². The molecule has 0 aromatic heterocycles. The smallest absolute Gasteiger partial charge is 0.226 e. The number of ether oxygens (including phenoxy) is 1. The van der Waals surface area contributed by atoms with Gasteiger partial charge in [-0.2, -0.15) is 0 Å². The summed E-state index contributed by atoms with van der Waals surface area (Å²) < 4.78 is 5.15. The van der Waals surface area contributed by atoms with Crippen molar-refractivity contribution >= 4 is 23.2 Å². The van der Waals surface area contributed by atoms with Crippen molar-refractivity contribution < 1.29 is 14.3 Å². The number of nitrogens with one attached hydrogen (secondary N) is 1. The number of carbonyl (C=O) groups is 2. The average Bonchev–Trinajstić information content (AvgIpc) is 2.57. The van der Waals surface area contributed by atoms with Gasteiger partial charge < -0.3 is 15.0 Å². The minimum atomic E-state index is -0.147. The SMILES string of the molecule is COc1cccc(NC(=O)CCN(C(C)=O)c2c(C)cccc2C)c1. The normalized spacial score (nSPS) is 10.2. The van der Waals surface area contributed by atoms with Gasteiger partial charge in [0, 0.05) is 37.3 Å². The molecule has 0 saturated heterocycles. The summed E-state index contributed by atoms with van der Waals surface area (Å²) in [5, 5.41) is 2.83. The fraction of sp³-hybridized carbons (Fsp3) is 0.300. The van der Waals surface area contributed by atoms with E-state index in [2.05, 4.69) is 5.32 Å². The van der Waals surface area contributed by atoms with Gasteiger partial charge in [0.2, 0.25) is 11.8 Å². The maximum Gasteiger partial charge on any atom is 0.226 e. The standard InChI is InChI=1S/C20H24N2O3/c1-14-7-5-8-15(2)20(14)22(16(3)23)12-11-19(24)21-17-9-6-10-18(13-17)25-4/h5-10,13H,11-12H2,1-4H3,(H,21,24). The van der Waals surface area contributed by atoms with Gasteiger partial charge in [0.25, 0.3) is 0 Å². The zero-order valence-corrected chi connectivity index (χ0v) is 15.1. The quantitative estimate of drug-likeness (QED) is 0.872. The van der Waals surface area contributed by atoms with Gasteiger partial charge in [-0.05, 0) is 37.1 Å². The van der Waals surface area contributed by atoms with Crippen LogP contribution in [0, 0.1) is 13.8 Å². The molecule has 0 bridgehead atoms. The van der Waals surface area contributed by atoms with Crippen LogP contribution in [0.5, 0.6) is 5.75 Å². The Balaban J connectivity index is 2.06. The summed E-state index contributed by atoms with van der Waals surface area (Å²) in [6, 6.07) is 13.1. The van der Waals surface area contributed by atoms with E-state index in [4.69, 9.17) is 4.74 Å². The molecule has 0 aliphatic rings. The largest absolute Gasteiger partial charge is 0.497 e. The van der Waals surface area contributed by atoms with Crippen molar-refractivity contribution in [1.29, 1.82) is 0 Å². The minimum Gasteiger partial charge on any atom is -0.497 e. The number of anilines is 2. The zero-order valence-electron chi connectivity index (χ0n) is 15.1. The molecule has 1 N–H and O–H groups in total. The molecule has 5 nitrogen and oxygen atoms in total. The number of hydrogen-bond donors (Lipinski definition) is 1. The highest BCUT2D eigenvalue weighted by Gasteiger charge is 2.17. The number of nitrogens with zero attached hydrogens (tertiary/aromatic N) is 1. The minimum absolute atomic E-state index is 0.0772. The van der Waals surface area contributed by atoms with E-state index in [1.54, 1.807) is 24.1 Å². The van der Waals surface area contributed by atoms with Gasteiger partial charge in [0.1, 0.15) is 5.75 Å². The third kappa shape index (κ3) is 4.83. The van der Waals surface area contributed by atoms with Crippen molar-refractivity contribution in [3.63, 3.8) is 0 Å². The first-order valence-electron chi connectivity index (χ1n) is 8.20. The van der Waals surface area contributed by atoms with Crippen LogP contribution in [0.1, 0.15) is 24.5 Å². The maximum atomic E-state index is 12.3. The third-order valence-corrected chi connectivity index (χ3v) is 4.01. The molecular formula is C20H24N2O3. The highest BCUT2D eigenvalue weighted by Crippen LogP contribution is 2.25. The van der Waals surface area contributed by atoms with Crippen LogP contribution >= 0.6 is 0 Å². The first kappa shape index (κ1) is 18.5. The van der Waals surface area contributed by atoms with Gasteiger partial charge in [-0.3, -0.25) is 9.59 Å². The number of para-hydroxylation sites is 1. The topological polar surface area (TPSA) is 58.6 Å². The van der Waals surface area contributed by atoms with Crippen molar-refractivity contribution in [3.8, 4) is 5.75 Å². The molecule has 0 aliphatic heterocycles. The second kappa shape index (κ2) is 8.33. The van der Waals surface area contributed by atoms with Crippen LogP contribution in [-0.4, -0.2) is 25.5 Å². The summed E-state index contributed by atoms with van der Waals surface area (Å²) in [5.41, 5.74) is 3.58. The Kier molecular flexibility index (Phi) is 6.17. The van der Waals surface area contributed by atoms with Gasteiger partial charge >= 0.3 is 0 Å². The van der Waals surface area contributed by atoms with Crippen molar-refractivity contribution in [3.05, 3.63) is 53.6 Å². The van der Waals surface area contributed by atoms with Crippen molar-refractivity contribution in [1.82, 2.24) is 0 Å². The van der Waals surface area contributed by atoms with E-state index in [1.807, 2.05) is 44.2 Å². The van der Waals surface area contributed by atoms with Crippen LogP contribution in [-0.2, 0) is 9.59 Å². The molecule has 0 fully saturated rings. The Morgan fingerprint density at radius 1 is 1.08 bits per heavy atom. The van der Waals surface area contributed by atoms with Gasteiger partial charge in [-0.25, -0.2) is 0 Å². The van der Waals surface area contributed by atoms with Crippen LogP contribution in [0.2, 0.25) is 0 Å². The predicted octanol–water partition coefficient (Wildman–Crippen LogP) is 3.69. The molecule has 5 heteroatoms. The molecule has 2 aromatic rings. The van der Waals surface area contributed by atoms with E-state index >= 15 is 0 Å². The Bertz CT molecular complexity index is 751. The molecule has 25 heavy (non-hydrogen) atoms. The molecule has 2 aromatic carbocycles. The van der Waals surface area contributed by atoms with Crippen molar-refractivity contribution in [2.24, 2.45) is 0 Å². The summed E-state index contributed by atoms with van der Waals surface area (Å²) in [5.74, 6) is 0.455. The van der Waals surface area contributed by atoms with Crippen molar-refractivity contribution in [2.45, 2.75) is 27.2 Å². The van der Waals surface area contributed by atoms with Crippen LogP contribution in [0.15, 0.2) is 42.5 Å². The number of amides is 2. The van der Waals surface area contributed by atoms with E-state index in [0.717, 1.165) is 16.8 Å². The molecule has 2 amide bonds. The Morgan fingerprint density at radius 3 is 2.32 bits per heavy atom. The fourth-order valence-electron chi connectivity index (χ4n) is 2.80. The predicted molar refractivity (Wildman–Crippen MR) is 100 cm³/mol. The molecule has 132 valence electrons. The maximum absolute atomic E-state index is 12.3. The molecule has 0 spiro atoms. The Labute approximate surface area is 148 Å². The monoisotopic (exact) mass is 340 g/mol. The van der Waals surface area contributed by atoms with E-state index in [0.29, 0.717) is 18.0 Å². The van der Waals surface area contributed by atoms with Crippen LogP contribution in [0.3, 0.4) is 0 Å². The van der Waals surface area contributed by atoms with Gasteiger partial charge in [-0.15, -0.1) is 0 Å². The molecule has 0 saturated carbocycles. The van der Waals surface area contributed by atoms with Crippen LogP contribution < -0.4 is 15.0 Å². The fourth-order valence-corrected chi connectivity index (χ4v) is 2.80. The lowest BCUT2D eigenvalue weighted by molar-refractivity contribution is -0.117. The number of hydrogen-bond acceptors (Lipinski definition) is 3. The van der Waals surface area contributed by atoms with Crippen LogP contribution in [0.4, 0.5) is 11.4 Å².